The quantitative estimate of drug-likeness (QED) is 0.822. The minimum Gasteiger partial charge on any atom is -0.449 e. The van der Waals surface area contributed by atoms with Crippen molar-refractivity contribution in [2.75, 3.05) is 13.2 Å². The fourth-order valence-electron chi connectivity index (χ4n) is 1.74. The molecular weight excluding hydrogens is 206 g/mol. The van der Waals surface area contributed by atoms with Gasteiger partial charge in [-0.15, -0.1) is 0 Å². The van der Waals surface area contributed by atoms with Crippen LogP contribution < -0.4 is 5.73 Å². The van der Waals surface area contributed by atoms with Crippen LogP contribution in [0.4, 0.5) is 4.79 Å². The lowest BCUT2D eigenvalue weighted by Crippen LogP contribution is -2.37. The predicted molar refractivity (Wildman–Crippen MR) is 58.5 cm³/mol. The highest BCUT2D eigenvalue weighted by atomic mass is 16.6. The highest BCUT2D eigenvalue weighted by Crippen LogP contribution is 2.13. The zero-order valence-corrected chi connectivity index (χ0v) is 9.06. The Labute approximate surface area is 94.2 Å². The van der Waals surface area contributed by atoms with E-state index < -0.39 is 0 Å². The molecule has 1 aromatic rings. The van der Waals surface area contributed by atoms with Gasteiger partial charge in [0.15, 0.2) is 0 Å². The molecule has 1 saturated heterocycles. The lowest BCUT2D eigenvalue weighted by molar-refractivity contribution is 0.0699. The number of aromatic nitrogens is 1. The van der Waals surface area contributed by atoms with Gasteiger partial charge in [-0.3, -0.25) is 4.98 Å². The van der Waals surface area contributed by atoms with E-state index in [9.17, 15) is 4.79 Å². The van der Waals surface area contributed by atoms with Crippen LogP contribution in [0, 0.1) is 0 Å². The summed E-state index contributed by atoms with van der Waals surface area (Å²) in [6.07, 6.45) is 4.09. The van der Waals surface area contributed by atoms with Crippen molar-refractivity contribution in [3.63, 3.8) is 0 Å². The van der Waals surface area contributed by atoms with Gasteiger partial charge < -0.3 is 15.4 Å². The molecule has 5 nitrogen and oxygen atoms in total. The van der Waals surface area contributed by atoms with E-state index in [1.54, 1.807) is 17.3 Å². The highest BCUT2D eigenvalue weighted by molar-refractivity contribution is 5.68. The van der Waals surface area contributed by atoms with E-state index in [0.29, 0.717) is 19.7 Å². The molecule has 16 heavy (non-hydrogen) atoms. The van der Waals surface area contributed by atoms with Crippen molar-refractivity contribution >= 4 is 6.09 Å². The number of nitrogens with two attached hydrogens (primary N) is 1. The van der Waals surface area contributed by atoms with Crippen molar-refractivity contribution < 1.29 is 9.53 Å². The normalized spacial score (nSPS) is 16.1. The van der Waals surface area contributed by atoms with Crippen LogP contribution in [0.25, 0.3) is 0 Å². The summed E-state index contributed by atoms with van der Waals surface area (Å²) in [5.74, 6) is 0. The van der Waals surface area contributed by atoms with E-state index in [4.69, 9.17) is 10.5 Å². The van der Waals surface area contributed by atoms with Gasteiger partial charge in [0.25, 0.3) is 0 Å². The first-order valence-electron chi connectivity index (χ1n) is 5.35. The SMILES string of the molecule is NCc1cnccc1CN1CCCOC1=O. The maximum Gasteiger partial charge on any atom is 0.410 e. The van der Waals surface area contributed by atoms with Crippen molar-refractivity contribution in [1.82, 2.24) is 9.88 Å². The van der Waals surface area contributed by atoms with Crippen molar-refractivity contribution in [2.24, 2.45) is 5.73 Å². The number of carbonyl (C=O) groups excluding carboxylic acids is 1. The largest absolute Gasteiger partial charge is 0.449 e. The summed E-state index contributed by atoms with van der Waals surface area (Å²) in [5.41, 5.74) is 7.63. The minimum absolute atomic E-state index is 0.244. The van der Waals surface area contributed by atoms with Crippen LogP contribution in [0.2, 0.25) is 0 Å². The maximum atomic E-state index is 11.5. The average molecular weight is 221 g/mol. The van der Waals surface area contributed by atoms with Gasteiger partial charge in [-0.25, -0.2) is 4.79 Å². The first-order valence-corrected chi connectivity index (χ1v) is 5.35. The summed E-state index contributed by atoms with van der Waals surface area (Å²) in [6.45, 7) is 2.25. The molecule has 2 rings (SSSR count). The molecule has 0 saturated carbocycles. The first kappa shape index (κ1) is 10.9. The molecule has 0 bridgehead atoms. The fraction of sp³-hybridized carbons (Fsp3) is 0.455. The number of hydrogen-bond acceptors (Lipinski definition) is 4. The third-order valence-corrected chi connectivity index (χ3v) is 2.64. The number of rotatable bonds is 3. The van der Waals surface area contributed by atoms with Crippen molar-refractivity contribution in [1.29, 1.82) is 0 Å². The van der Waals surface area contributed by atoms with Gasteiger partial charge in [-0.05, 0) is 23.6 Å². The molecule has 1 aliphatic heterocycles. The summed E-state index contributed by atoms with van der Waals surface area (Å²) in [7, 11) is 0. The number of pyridine rings is 1. The number of cyclic esters (lactones) is 1. The number of carbonyl (C=O) groups is 1. The topological polar surface area (TPSA) is 68.4 Å². The molecule has 2 heterocycles. The van der Waals surface area contributed by atoms with E-state index in [2.05, 4.69) is 4.98 Å². The molecule has 86 valence electrons. The molecule has 0 unspecified atom stereocenters. The Bertz CT molecular complexity index is 381. The fourth-order valence-corrected chi connectivity index (χ4v) is 1.74. The van der Waals surface area contributed by atoms with E-state index in [1.807, 2.05) is 6.07 Å². The van der Waals surface area contributed by atoms with Crippen LogP contribution in [0.3, 0.4) is 0 Å². The van der Waals surface area contributed by atoms with Gasteiger partial charge in [-0.2, -0.15) is 0 Å². The second-order valence-electron chi connectivity index (χ2n) is 3.74. The lowest BCUT2D eigenvalue weighted by atomic mass is 10.1. The molecule has 0 atom stereocenters. The minimum atomic E-state index is -0.244. The van der Waals surface area contributed by atoms with Crippen LogP contribution in [0.1, 0.15) is 17.5 Å². The summed E-state index contributed by atoms with van der Waals surface area (Å²) in [4.78, 5) is 17.2. The van der Waals surface area contributed by atoms with Crippen LogP contribution in [0.15, 0.2) is 18.5 Å². The third kappa shape index (κ3) is 2.30. The Hall–Kier alpha value is -1.62. The van der Waals surface area contributed by atoms with Gasteiger partial charge in [0.05, 0.1) is 6.61 Å². The van der Waals surface area contributed by atoms with Crippen LogP contribution >= 0.6 is 0 Å². The van der Waals surface area contributed by atoms with Gasteiger partial charge in [0.2, 0.25) is 0 Å². The zero-order chi connectivity index (χ0) is 11.4. The Kier molecular flexibility index (Phi) is 3.36. The van der Waals surface area contributed by atoms with E-state index in [1.165, 1.54) is 0 Å². The number of ether oxygens (including phenoxy) is 1. The Balaban J connectivity index is 2.10. The molecule has 0 aliphatic carbocycles. The summed E-state index contributed by atoms with van der Waals surface area (Å²) in [6, 6.07) is 1.89. The summed E-state index contributed by atoms with van der Waals surface area (Å²) in [5, 5.41) is 0. The van der Waals surface area contributed by atoms with Gasteiger partial charge in [-0.1, -0.05) is 0 Å². The number of nitrogens with zero attached hydrogens (tertiary/aromatic N) is 2. The molecule has 0 aromatic carbocycles. The Morgan fingerprint density at radius 2 is 2.38 bits per heavy atom. The molecular formula is C11H15N3O2. The van der Waals surface area contributed by atoms with Crippen LogP contribution in [0.5, 0.6) is 0 Å². The highest BCUT2D eigenvalue weighted by Gasteiger charge is 2.20. The average Bonchev–Trinajstić information content (AvgIpc) is 2.33. The van der Waals surface area contributed by atoms with Crippen molar-refractivity contribution in [3.8, 4) is 0 Å². The van der Waals surface area contributed by atoms with Crippen molar-refractivity contribution in [3.05, 3.63) is 29.6 Å². The smallest absolute Gasteiger partial charge is 0.410 e. The third-order valence-electron chi connectivity index (χ3n) is 2.64. The second kappa shape index (κ2) is 4.94. The van der Waals surface area contributed by atoms with Crippen LogP contribution in [-0.2, 0) is 17.8 Å². The first-order chi connectivity index (χ1) is 7.81. The predicted octanol–water partition coefficient (Wildman–Crippen LogP) is 0.883. The molecule has 0 radical (unpaired) electrons. The number of amides is 1. The van der Waals surface area contributed by atoms with E-state index in [0.717, 1.165) is 24.1 Å². The molecule has 2 N–H and O–H groups in total. The molecule has 1 fully saturated rings. The molecule has 1 aromatic heterocycles. The van der Waals surface area contributed by atoms with Crippen molar-refractivity contribution in [2.45, 2.75) is 19.5 Å². The number of hydrogen-bond donors (Lipinski definition) is 1. The standard InChI is InChI=1S/C11H15N3O2/c12-6-10-7-13-3-2-9(10)8-14-4-1-5-16-11(14)15/h2-3,7H,1,4-6,8,12H2. The molecule has 1 aliphatic rings. The van der Waals surface area contributed by atoms with Gasteiger partial charge in [0.1, 0.15) is 0 Å². The maximum absolute atomic E-state index is 11.5. The van der Waals surface area contributed by atoms with Crippen LogP contribution in [-0.4, -0.2) is 29.1 Å². The second-order valence-corrected chi connectivity index (χ2v) is 3.74. The molecule has 0 spiro atoms. The van der Waals surface area contributed by atoms with Gasteiger partial charge >= 0.3 is 6.09 Å². The Morgan fingerprint density at radius 3 is 3.12 bits per heavy atom. The lowest BCUT2D eigenvalue weighted by Gasteiger charge is -2.26. The van der Waals surface area contributed by atoms with Gasteiger partial charge in [0, 0.05) is 32.0 Å². The Morgan fingerprint density at radius 1 is 1.50 bits per heavy atom. The van der Waals surface area contributed by atoms with E-state index >= 15 is 0 Å². The monoisotopic (exact) mass is 221 g/mol. The molecule has 5 heteroatoms. The summed E-state index contributed by atoms with van der Waals surface area (Å²) >= 11 is 0. The zero-order valence-electron chi connectivity index (χ0n) is 9.06. The molecule has 1 amide bonds. The van der Waals surface area contributed by atoms with E-state index in [-0.39, 0.29) is 6.09 Å². The summed E-state index contributed by atoms with van der Waals surface area (Å²) < 4.78 is 4.98.